The van der Waals surface area contributed by atoms with Gasteiger partial charge in [-0.3, -0.25) is 0 Å². The molecule has 1 heterocycles. The zero-order valence-corrected chi connectivity index (χ0v) is 12.1. The van der Waals surface area contributed by atoms with Gasteiger partial charge in [0, 0.05) is 11.5 Å². The van der Waals surface area contributed by atoms with E-state index in [-0.39, 0.29) is 22.6 Å². The molecule has 0 spiro atoms. The Balaban J connectivity index is 1.78. The molecule has 1 aromatic rings. The summed E-state index contributed by atoms with van der Waals surface area (Å²) in [6.45, 7) is 6.95. The molecule has 2 aliphatic rings. The molecular formula is C15H20N2O3. The minimum Gasteiger partial charge on any atom is -0.476 e. The van der Waals surface area contributed by atoms with Gasteiger partial charge >= 0.3 is 5.97 Å². The van der Waals surface area contributed by atoms with Crippen LogP contribution in [0, 0.1) is 16.7 Å². The molecule has 3 unspecified atom stereocenters. The van der Waals surface area contributed by atoms with Crippen molar-refractivity contribution >= 4 is 5.97 Å². The molecular weight excluding hydrogens is 256 g/mol. The van der Waals surface area contributed by atoms with Crippen LogP contribution in [0.2, 0.25) is 0 Å². The van der Waals surface area contributed by atoms with Crippen LogP contribution < -0.4 is 4.74 Å². The Morgan fingerprint density at radius 1 is 1.35 bits per heavy atom. The van der Waals surface area contributed by atoms with Crippen LogP contribution in [0.4, 0.5) is 0 Å². The van der Waals surface area contributed by atoms with E-state index in [0.717, 1.165) is 6.42 Å². The minimum absolute atomic E-state index is 0.0585. The lowest BCUT2D eigenvalue weighted by Gasteiger charge is -2.38. The Morgan fingerprint density at radius 2 is 2.10 bits per heavy atom. The van der Waals surface area contributed by atoms with Crippen molar-refractivity contribution in [3.8, 4) is 5.88 Å². The van der Waals surface area contributed by atoms with Gasteiger partial charge < -0.3 is 9.84 Å². The lowest BCUT2D eigenvalue weighted by atomic mass is 9.70. The van der Waals surface area contributed by atoms with E-state index in [1.165, 1.54) is 18.9 Å². The Labute approximate surface area is 118 Å². The van der Waals surface area contributed by atoms with Gasteiger partial charge in [-0.25, -0.2) is 4.79 Å². The summed E-state index contributed by atoms with van der Waals surface area (Å²) in [6.07, 6.45) is 3.63. The molecule has 0 radical (unpaired) electrons. The molecule has 0 amide bonds. The standard InChI is InChI=1S/C15H20N2O3/c1-14(2)9-6-7-15(14,3)11(8-9)20-12-5-4-10(13(18)19)16-17-12/h4-5,9,11H,6-8H2,1-3H3,(H,18,19). The van der Waals surface area contributed by atoms with E-state index in [9.17, 15) is 4.79 Å². The molecule has 5 heteroatoms. The topological polar surface area (TPSA) is 72.3 Å². The van der Waals surface area contributed by atoms with Gasteiger partial charge in [-0.05, 0) is 36.7 Å². The number of hydrogen-bond donors (Lipinski definition) is 1. The molecule has 0 saturated heterocycles. The van der Waals surface area contributed by atoms with Gasteiger partial charge in [0.25, 0.3) is 0 Å². The Bertz CT molecular complexity index is 541. The summed E-state index contributed by atoms with van der Waals surface area (Å²) in [4.78, 5) is 10.8. The van der Waals surface area contributed by atoms with Crippen LogP contribution in [0.3, 0.4) is 0 Å². The van der Waals surface area contributed by atoms with E-state index in [1.54, 1.807) is 6.07 Å². The number of aromatic nitrogens is 2. The third-order valence-corrected chi connectivity index (χ3v) is 5.84. The van der Waals surface area contributed by atoms with Crippen molar-refractivity contribution < 1.29 is 14.6 Å². The second-order valence-electron chi connectivity index (χ2n) is 6.78. The normalized spacial score (nSPS) is 34.1. The third-order valence-electron chi connectivity index (χ3n) is 5.84. The van der Waals surface area contributed by atoms with E-state index in [1.807, 2.05) is 0 Å². The lowest BCUT2D eigenvalue weighted by molar-refractivity contribution is 0.0266. The predicted molar refractivity (Wildman–Crippen MR) is 72.6 cm³/mol. The molecule has 5 nitrogen and oxygen atoms in total. The monoisotopic (exact) mass is 276 g/mol. The van der Waals surface area contributed by atoms with Crippen molar-refractivity contribution in [3.63, 3.8) is 0 Å². The summed E-state index contributed by atoms with van der Waals surface area (Å²) in [5, 5.41) is 16.4. The highest BCUT2D eigenvalue weighted by Gasteiger charge is 2.62. The maximum atomic E-state index is 10.8. The minimum atomic E-state index is -1.07. The highest BCUT2D eigenvalue weighted by molar-refractivity contribution is 5.84. The smallest absolute Gasteiger partial charge is 0.356 e. The van der Waals surface area contributed by atoms with Crippen LogP contribution in [0.1, 0.15) is 50.5 Å². The van der Waals surface area contributed by atoms with Crippen molar-refractivity contribution in [1.29, 1.82) is 0 Å². The zero-order chi connectivity index (χ0) is 14.5. The summed E-state index contributed by atoms with van der Waals surface area (Å²) in [5.41, 5.74) is 0.383. The van der Waals surface area contributed by atoms with Crippen molar-refractivity contribution in [2.75, 3.05) is 0 Å². The van der Waals surface area contributed by atoms with E-state index < -0.39 is 5.97 Å². The Hall–Kier alpha value is -1.65. The number of carboxylic acids is 1. The number of fused-ring (bicyclic) bond motifs is 2. The lowest BCUT2D eigenvalue weighted by Crippen LogP contribution is -2.39. The van der Waals surface area contributed by atoms with Crippen molar-refractivity contribution in [1.82, 2.24) is 10.2 Å². The van der Waals surface area contributed by atoms with Crippen LogP contribution in [-0.4, -0.2) is 27.4 Å². The predicted octanol–water partition coefficient (Wildman–Crippen LogP) is 2.77. The van der Waals surface area contributed by atoms with Gasteiger partial charge in [0.2, 0.25) is 5.88 Å². The van der Waals surface area contributed by atoms with Gasteiger partial charge in [-0.1, -0.05) is 20.8 Å². The Kier molecular flexibility index (Phi) is 2.78. The molecule has 3 atom stereocenters. The van der Waals surface area contributed by atoms with Gasteiger partial charge in [0.15, 0.2) is 5.69 Å². The first kappa shape index (κ1) is 13.3. The molecule has 2 saturated carbocycles. The molecule has 1 N–H and O–H groups in total. The zero-order valence-electron chi connectivity index (χ0n) is 12.1. The van der Waals surface area contributed by atoms with Crippen LogP contribution in [0.15, 0.2) is 12.1 Å². The highest BCUT2D eigenvalue weighted by Crippen LogP contribution is 2.66. The largest absolute Gasteiger partial charge is 0.476 e. The number of carboxylic acid groups (broad SMARTS) is 1. The fourth-order valence-electron chi connectivity index (χ4n) is 3.95. The molecule has 3 rings (SSSR count). The molecule has 2 fully saturated rings. The first-order chi connectivity index (χ1) is 9.34. The number of rotatable bonds is 3. The molecule has 20 heavy (non-hydrogen) atoms. The molecule has 2 aliphatic carbocycles. The highest BCUT2D eigenvalue weighted by atomic mass is 16.5. The first-order valence-corrected chi connectivity index (χ1v) is 7.08. The summed E-state index contributed by atoms with van der Waals surface area (Å²) < 4.78 is 6.02. The molecule has 108 valence electrons. The maximum absolute atomic E-state index is 10.8. The van der Waals surface area contributed by atoms with Crippen molar-refractivity contribution in [2.24, 2.45) is 16.7 Å². The average Bonchev–Trinajstić information content (AvgIpc) is 2.72. The SMILES string of the molecule is CC1(C)C2CCC1(C)C(Oc1ccc(C(=O)O)nn1)C2. The van der Waals surface area contributed by atoms with E-state index in [2.05, 4.69) is 31.0 Å². The van der Waals surface area contributed by atoms with Crippen molar-refractivity contribution in [2.45, 2.75) is 46.1 Å². The second kappa shape index (κ2) is 4.17. The molecule has 2 bridgehead atoms. The van der Waals surface area contributed by atoms with Crippen molar-refractivity contribution in [3.05, 3.63) is 17.8 Å². The quantitative estimate of drug-likeness (QED) is 0.919. The van der Waals surface area contributed by atoms with Gasteiger partial charge in [-0.15, -0.1) is 10.2 Å². The maximum Gasteiger partial charge on any atom is 0.356 e. The third kappa shape index (κ3) is 1.72. The average molecular weight is 276 g/mol. The van der Waals surface area contributed by atoms with Crippen LogP contribution in [-0.2, 0) is 0 Å². The van der Waals surface area contributed by atoms with Gasteiger partial charge in [0.1, 0.15) is 6.10 Å². The summed E-state index contributed by atoms with van der Waals surface area (Å²) >= 11 is 0. The van der Waals surface area contributed by atoms with Crippen LogP contribution >= 0.6 is 0 Å². The fourth-order valence-corrected chi connectivity index (χ4v) is 3.95. The van der Waals surface area contributed by atoms with Gasteiger partial charge in [-0.2, -0.15) is 0 Å². The van der Waals surface area contributed by atoms with Crippen LogP contribution in [0.25, 0.3) is 0 Å². The number of aromatic carboxylic acids is 1. The molecule has 0 aliphatic heterocycles. The van der Waals surface area contributed by atoms with E-state index in [0.29, 0.717) is 11.8 Å². The number of nitrogens with zero attached hydrogens (tertiary/aromatic N) is 2. The Morgan fingerprint density at radius 3 is 2.55 bits per heavy atom. The summed E-state index contributed by atoms with van der Waals surface area (Å²) in [5.74, 6) is 0.0467. The number of hydrogen-bond acceptors (Lipinski definition) is 4. The van der Waals surface area contributed by atoms with E-state index in [4.69, 9.17) is 9.84 Å². The number of ether oxygens (including phenoxy) is 1. The van der Waals surface area contributed by atoms with Gasteiger partial charge in [0.05, 0.1) is 0 Å². The summed E-state index contributed by atoms with van der Waals surface area (Å²) in [6, 6.07) is 3.03. The van der Waals surface area contributed by atoms with E-state index >= 15 is 0 Å². The number of carbonyl (C=O) groups is 1. The molecule has 0 aromatic carbocycles. The fraction of sp³-hybridized carbons (Fsp3) is 0.667. The first-order valence-electron chi connectivity index (χ1n) is 7.08. The second-order valence-corrected chi connectivity index (χ2v) is 6.78. The molecule has 1 aromatic heterocycles. The summed E-state index contributed by atoms with van der Waals surface area (Å²) in [7, 11) is 0. The van der Waals surface area contributed by atoms with Crippen LogP contribution in [0.5, 0.6) is 5.88 Å².